The quantitative estimate of drug-likeness (QED) is 0.597. The molecule has 1 aromatic carbocycles. The Morgan fingerprint density at radius 1 is 1.10 bits per heavy atom. The molecule has 1 aromatic rings. The number of rotatable bonds is 4. The summed E-state index contributed by atoms with van der Waals surface area (Å²) < 4.78 is 0. The van der Waals surface area contributed by atoms with Crippen LogP contribution in [0.15, 0.2) is 24.3 Å². The Hall–Kier alpha value is -1.46. The second kappa shape index (κ2) is 6.54. The minimum absolute atomic E-state index is 0.254. The van der Waals surface area contributed by atoms with Crippen LogP contribution in [0.2, 0.25) is 0 Å². The van der Waals surface area contributed by atoms with Gasteiger partial charge in [0.05, 0.1) is 42.7 Å². The van der Waals surface area contributed by atoms with Gasteiger partial charge in [0.2, 0.25) is 0 Å². The monoisotopic (exact) mass is 291 g/mol. The van der Waals surface area contributed by atoms with Gasteiger partial charge in [-0.1, -0.05) is 12.1 Å². The van der Waals surface area contributed by atoms with Gasteiger partial charge >= 0.3 is 0 Å². The summed E-state index contributed by atoms with van der Waals surface area (Å²) in [5, 5.41) is 11.1. The summed E-state index contributed by atoms with van der Waals surface area (Å²) in [6, 6.07) is 8.02. The molecule has 2 aliphatic heterocycles. The van der Waals surface area contributed by atoms with Crippen LogP contribution in [0.1, 0.15) is 31.2 Å². The zero-order chi connectivity index (χ0) is 14.7. The van der Waals surface area contributed by atoms with E-state index in [2.05, 4.69) is 0 Å². The predicted molar refractivity (Wildman–Crippen MR) is 80.4 cm³/mol. The zero-order valence-electron chi connectivity index (χ0n) is 12.5. The Morgan fingerprint density at radius 2 is 1.76 bits per heavy atom. The largest absolute Gasteiger partial charge is 0.332 e. The molecular weight excluding hydrogens is 266 g/mol. The molecule has 0 amide bonds. The Kier molecular flexibility index (Phi) is 4.51. The second-order valence-corrected chi connectivity index (χ2v) is 6.45. The summed E-state index contributed by atoms with van der Waals surface area (Å²) in [6.45, 7) is 5.80. The number of nitro groups is 1. The highest BCUT2D eigenvalue weighted by molar-refractivity contribution is 5.39. The van der Waals surface area contributed by atoms with Gasteiger partial charge in [0.1, 0.15) is 6.54 Å². The van der Waals surface area contributed by atoms with Crippen molar-refractivity contribution in [3.05, 3.63) is 39.9 Å². The van der Waals surface area contributed by atoms with Gasteiger partial charge in [-0.05, 0) is 6.07 Å². The number of nitro benzene ring substituents is 1. The molecule has 2 N–H and O–H groups in total. The number of piperidine rings is 1. The minimum Gasteiger partial charge on any atom is -0.332 e. The third kappa shape index (κ3) is 3.41. The van der Waals surface area contributed by atoms with Gasteiger partial charge in [-0.25, -0.2) is 0 Å². The maximum absolute atomic E-state index is 11.1. The molecule has 114 valence electrons. The van der Waals surface area contributed by atoms with Crippen LogP contribution in [0.4, 0.5) is 5.69 Å². The van der Waals surface area contributed by atoms with Crippen molar-refractivity contribution in [2.75, 3.05) is 26.2 Å². The minimum atomic E-state index is -0.254. The number of likely N-dealkylation sites (tertiary alicyclic amines) is 2. The van der Waals surface area contributed by atoms with E-state index in [0.717, 1.165) is 31.2 Å². The maximum Gasteiger partial charge on any atom is 0.278 e. The number of nitrogens with zero attached hydrogens (tertiary/aromatic N) is 1. The number of nitrogens with one attached hydrogen (secondary N) is 2. The van der Waals surface area contributed by atoms with E-state index >= 15 is 0 Å². The van der Waals surface area contributed by atoms with Crippen LogP contribution in [0.5, 0.6) is 0 Å². The summed E-state index contributed by atoms with van der Waals surface area (Å²) >= 11 is 0. The van der Waals surface area contributed by atoms with Crippen LogP contribution in [0.25, 0.3) is 0 Å². The topological polar surface area (TPSA) is 52.0 Å². The lowest BCUT2D eigenvalue weighted by Gasteiger charge is -2.32. The first kappa shape index (κ1) is 14.5. The summed E-state index contributed by atoms with van der Waals surface area (Å²) in [5.41, 5.74) is 1.15. The first-order chi connectivity index (χ1) is 10.2. The van der Waals surface area contributed by atoms with E-state index in [0.29, 0.717) is 0 Å². The molecule has 3 rings (SSSR count). The smallest absolute Gasteiger partial charge is 0.278 e. The van der Waals surface area contributed by atoms with Crippen LogP contribution in [0, 0.1) is 10.1 Å². The van der Waals surface area contributed by atoms with Crippen molar-refractivity contribution >= 4 is 5.69 Å². The highest BCUT2D eigenvalue weighted by Gasteiger charge is 2.32. The van der Waals surface area contributed by atoms with Crippen molar-refractivity contribution in [3.8, 4) is 0 Å². The third-order valence-corrected chi connectivity index (χ3v) is 5.14. The number of para-hydroxylation sites is 1. The summed E-state index contributed by atoms with van der Waals surface area (Å²) in [6.07, 6.45) is 5.31. The van der Waals surface area contributed by atoms with Crippen LogP contribution >= 0.6 is 0 Å². The van der Waals surface area contributed by atoms with E-state index in [-0.39, 0.29) is 10.6 Å². The number of hydrogen-bond acceptors (Lipinski definition) is 2. The molecule has 2 heterocycles. The van der Waals surface area contributed by atoms with Crippen molar-refractivity contribution in [1.82, 2.24) is 0 Å². The Balaban J connectivity index is 1.57. The maximum atomic E-state index is 11.1. The van der Waals surface area contributed by atoms with Crippen LogP contribution < -0.4 is 9.80 Å². The molecule has 0 aliphatic carbocycles. The molecule has 2 aliphatic rings. The Bertz CT molecular complexity index is 492. The zero-order valence-corrected chi connectivity index (χ0v) is 12.5. The molecule has 0 aromatic heterocycles. The molecule has 5 nitrogen and oxygen atoms in total. The van der Waals surface area contributed by atoms with Gasteiger partial charge in [0.15, 0.2) is 0 Å². The lowest BCUT2D eigenvalue weighted by molar-refractivity contribution is -0.957. The highest BCUT2D eigenvalue weighted by atomic mass is 16.6. The van der Waals surface area contributed by atoms with Gasteiger partial charge in [-0.3, -0.25) is 10.1 Å². The summed E-state index contributed by atoms with van der Waals surface area (Å²) in [7, 11) is 0. The molecular formula is C16H25N3O2+2. The second-order valence-electron chi connectivity index (χ2n) is 6.45. The van der Waals surface area contributed by atoms with Gasteiger partial charge in [0.25, 0.3) is 5.69 Å². The van der Waals surface area contributed by atoms with E-state index in [1.54, 1.807) is 17.0 Å². The fourth-order valence-corrected chi connectivity index (χ4v) is 3.96. The Labute approximate surface area is 125 Å². The number of benzene rings is 1. The number of hydrogen-bond donors (Lipinski definition) is 2. The first-order valence-electron chi connectivity index (χ1n) is 8.14. The summed E-state index contributed by atoms with van der Waals surface area (Å²) in [4.78, 5) is 14.1. The molecule has 0 atom stereocenters. The van der Waals surface area contributed by atoms with Gasteiger partial charge < -0.3 is 9.80 Å². The van der Waals surface area contributed by atoms with E-state index in [1.807, 2.05) is 12.1 Å². The normalized spacial score (nSPS) is 26.9. The van der Waals surface area contributed by atoms with Crippen molar-refractivity contribution < 1.29 is 14.7 Å². The molecule has 5 heteroatoms. The van der Waals surface area contributed by atoms with E-state index in [4.69, 9.17) is 0 Å². The van der Waals surface area contributed by atoms with Gasteiger partial charge in [-0.2, -0.15) is 0 Å². The standard InChI is InChI=1S/C16H23N3O2/c20-19(21)16-6-2-1-5-14(16)13-17-11-7-15(8-12-17)18-9-3-4-10-18/h1-2,5-6,15H,3-4,7-13H2/p+2. The molecule has 21 heavy (non-hydrogen) atoms. The predicted octanol–water partition coefficient (Wildman–Crippen LogP) is -0.179. The van der Waals surface area contributed by atoms with E-state index in [1.165, 1.54) is 43.7 Å². The lowest BCUT2D eigenvalue weighted by Crippen LogP contribution is -3.19. The molecule has 0 bridgehead atoms. The van der Waals surface area contributed by atoms with E-state index < -0.39 is 0 Å². The van der Waals surface area contributed by atoms with Crippen molar-refractivity contribution in [1.29, 1.82) is 0 Å². The van der Waals surface area contributed by atoms with Crippen LogP contribution in [-0.4, -0.2) is 37.1 Å². The summed E-state index contributed by atoms with van der Waals surface area (Å²) in [5.74, 6) is 0. The van der Waals surface area contributed by atoms with Crippen molar-refractivity contribution in [3.63, 3.8) is 0 Å². The highest BCUT2D eigenvalue weighted by Crippen LogP contribution is 2.16. The lowest BCUT2D eigenvalue weighted by atomic mass is 10.0. The van der Waals surface area contributed by atoms with E-state index in [9.17, 15) is 10.1 Å². The Morgan fingerprint density at radius 3 is 2.43 bits per heavy atom. The third-order valence-electron chi connectivity index (χ3n) is 5.14. The van der Waals surface area contributed by atoms with Crippen molar-refractivity contribution in [2.24, 2.45) is 0 Å². The van der Waals surface area contributed by atoms with Gasteiger partial charge in [0, 0.05) is 31.7 Å². The fourth-order valence-electron chi connectivity index (χ4n) is 3.96. The van der Waals surface area contributed by atoms with Crippen LogP contribution in [-0.2, 0) is 6.54 Å². The van der Waals surface area contributed by atoms with Gasteiger partial charge in [-0.15, -0.1) is 0 Å². The average molecular weight is 291 g/mol. The molecule has 0 unspecified atom stereocenters. The van der Waals surface area contributed by atoms with Crippen LogP contribution in [0.3, 0.4) is 0 Å². The molecule has 0 saturated carbocycles. The number of quaternary nitrogens is 2. The van der Waals surface area contributed by atoms with Crippen molar-refractivity contribution in [2.45, 2.75) is 38.3 Å². The molecule has 2 fully saturated rings. The molecule has 0 spiro atoms. The SMILES string of the molecule is O=[N+]([O-])c1ccccc1C[NH+]1CCC([NH+]2CCCC2)CC1. The first-order valence-corrected chi connectivity index (χ1v) is 8.14. The molecule has 2 saturated heterocycles. The fraction of sp³-hybridized carbons (Fsp3) is 0.625. The average Bonchev–Trinajstić information content (AvgIpc) is 3.03. The molecule has 0 radical (unpaired) electrons.